The lowest BCUT2D eigenvalue weighted by atomic mass is 10.0. The second-order valence-corrected chi connectivity index (χ2v) is 7.65. The number of hydrogen-bond acceptors (Lipinski definition) is 4. The third kappa shape index (κ3) is 3.35. The van der Waals surface area contributed by atoms with Gasteiger partial charge in [0.25, 0.3) is 0 Å². The van der Waals surface area contributed by atoms with Crippen LogP contribution in [0, 0.1) is 12.7 Å². The summed E-state index contributed by atoms with van der Waals surface area (Å²) in [6.07, 6.45) is 3.19. The fourth-order valence-corrected chi connectivity index (χ4v) is 3.72. The summed E-state index contributed by atoms with van der Waals surface area (Å²) in [7, 11) is 0. The third-order valence-electron chi connectivity index (χ3n) is 5.05. The van der Waals surface area contributed by atoms with Crippen LogP contribution < -0.4 is 5.69 Å². The number of aromatic hydroxyl groups is 1. The Labute approximate surface area is 180 Å². The summed E-state index contributed by atoms with van der Waals surface area (Å²) < 4.78 is 14.8. The number of benzene rings is 2. The molecule has 1 atom stereocenters. The maximum Gasteiger partial charge on any atom is 0.329 e. The maximum absolute atomic E-state index is 13.9. The minimum atomic E-state index is -1.00. The van der Waals surface area contributed by atoms with Crippen molar-refractivity contribution in [3.05, 3.63) is 79.1 Å². The van der Waals surface area contributed by atoms with Gasteiger partial charge in [0.15, 0.2) is 0 Å². The molecule has 154 valence electrons. The number of aliphatic hydroxyl groups excluding tert-OH is 1. The maximum atomic E-state index is 13.9. The van der Waals surface area contributed by atoms with Crippen molar-refractivity contribution in [2.24, 2.45) is 4.99 Å². The van der Waals surface area contributed by atoms with E-state index in [1.165, 1.54) is 12.1 Å². The van der Waals surface area contributed by atoms with Crippen LogP contribution in [0.15, 0.2) is 40.1 Å². The molecule has 9 heteroatoms. The second kappa shape index (κ2) is 7.75. The zero-order chi connectivity index (χ0) is 21.6. The lowest BCUT2D eigenvalue weighted by Crippen LogP contribution is -2.25. The van der Waals surface area contributed by atoms with Crippen molar-refractivity contribution in [1.29, 1.82) is 0 Å². The van der Waals surface area contributed by atoms with Crippen LogP contribution in [-0.4, -0.2) is 32.6 Å². The molecule has 1 unspecified atom stereocenters. The van der Waals surface area contributed by atoms with E-state index in [4.69, 9.17) is 23.2 Å². The monoisotopic (exact) mass is 447 g/mol. The quantitative estimate of drug-likeness (QED) is 0.550. The molecule has 0 radical (unpaired) electrons. The van der Waals surface area contributed by atoms with Crippen molar-refractivity contribution in [2.75, 3.05) is 6.61 Å². The molecule has 0 fully saturated rings. The van der Waals surface area contributed by atoms with E-state index in [2.05, 4.69) is 9.98 Å². The highest BCUT2D eigenvalue weighted by atomic mass is 35.5. The van der Waals surface area contributed by atoms with Crippen molar-refractivity contribution < 1.29 is 14.6 Å². The number of aromatic nitrogens is 2. The van der Waals surface area contributed by atoms with E-state index < -0.39 is 30.0 Å². The fraction of sp³-hybridized carbons (Fsp3) is 0.143. The molecular formula is C21H16Cl2FN3O3. The number of H-pyrrole nitrogens is 1. The van der Waals surface area contributed by atoms with Crippen molar-refractivity contribution in [2.45, 2.75) is 13.0 Å². The van der Waals surface area contributed by atoms with Gasteiger partial charge in [0.1, 0.15) is 11.5 Å². The van der Waals surface area contributed by atoms with Gasteiger partial charge in [0.2, 0.25) is 5.88 Å². The minimum Gasteiger partial charge on any atom is -0.493 e. The number of halogens is 3. The number of aliphatic hydroxyl groups is 1. The molecular weight excluding hydrogens is 432 g/mol. The first-order chi connectivity index (χ1) is 14.3. The van der Waals surface area contributed by atoms with Gasteiger partial charge in [-0.1, -0.05) is 35.3 Å². The Morgan fingerprint density at radius 2 is 2.00 bits per heavy atom. The number of aromatic amines is 1. The summed E-state index contributed by atoms with van der Waals surface area (Å²) in [5, 5.41) is 21.0. The Morgan fingerprint density at radius 3 is 2.70 bits per heavy atom. The molecule has 3 aromatic rings. The minimum absolute atomic E-state index is 0.0823. The number of hydrogen-bond donors (Lipinski definition) is 3. The average molecular weight is 448 g/mol. The molecule has 2 aromatic carbocycles. The standard InChI is InChI=1S/C21H16Cl2FN3O3/c1-10-14(22)5-3-13-12(8-25-19(10)13)7-17-20(29)27(21(30)26-17)18(9-28)11-2-4-15(23)16(24)6-11/h2-8,18,28-29H,9H2,1H3,(H,26,30)/b12-7+. The van der Waals surface area contributed by atoms with Gasteiger partial charge in [-0.2, -0.15) is 0 Å². The van der Waals surface area contributed by atoms with Crippen molar-refractivity contribution in [1.82, 2.24) is 9.55 Å². The Balaban J connectivity index is 1.78. The van der Waals surface area contributed by atoms with Crippen LogP contribution in [0.4, 0.5) is 10.1 Å². The summed E-state index contributed by atoms with van der Waals surface area (Å²) in [5.74, 6) is -1.08. The molecule has 0 spiro atoms. The lowest BCUT2D eigenvalue weighted by Gasteiger charge is -2.16. The number of allylic oxidation sites excluding steroid dienone is 1. The third-order valence-corrected chi connectivity index (χ3v) is 5.77. The topological polar surface area (TPSA) is 90.6 Å². The van der Waals surface area contributed by atoms with E-state index in [9.17, 15) is 19.4 Å². The molecule has 3 N–H and O–H groups in total. The second-order valence-electron chi connectivity index (χ2n) is 6.84. The highest BCUT2D eigenvalue weighted by Gasteiger charge is 2.24. The van der Waals surface area contributed by atoms with Crippen LogP contribution in [0.1, 0.15) is 28.4 Å². The summed E-state index contributed by atoms with van der Waals surface area (Å²) in [5.41, 5.74) is 2.79. The van der Waals surface area contributed by atoms with E-state index in [-0.39, 0.29) is 16.3 Å². The van der Waals surface area contributed by atoms with Gasteiger partial charge in [0, 0.05) is 22.4 Å². The van der Waals surface area contributed by atoms with Gasteiger partial charge in [-0.25, -0.2) is 9.18 Å². The number of aliphatic imine (C=N–C) groups is 1. The molecule has 30 heavy (non-hydrogen) atoms. The highest BCUT2D eigenvalue weighted by Crippen LogP contribution is 2.39. The molecule has 0 aliphatic carbocycles. The van der Waals surface area contributed by atoms with Crippen LogP contribution >= 0.6 is 23.2 Å². The summed E-state index contributed by atoms with van der Waals surface area (Å²) >= 11 is 11.8. The van der Waals surface area contributed by atoms with E-state index in [0.29, 0.717) is 10.6 Å². The lowest BCUT2D eigenvalue weighted by molar-refractivity contribution is 0.237. The van der Waals surface area contributed by atoms with Gasteiger partial charge in [-0.15, -0.1) is 0 Å². The number of imidazole rings is 1. The van der Waals surface area contributed by atoms with Gasteiger partial charge in [0.05, 0.1) is 23.4 Å². The van der Waals surface area contributed by atoms with Gasteiger partial charge in [-0.3, -0.25) is 9.56 Å². The molecule has 6 nitrogen and oxygen atoms in total. The average Bonchev–Trinajstić information content (AvgIpc) is 3.24. The largest absolute Gasteiger partial charge is 0.493 e. The fourth-order valence-electron chi connectivity index (χ4n) is 3.45. The first kappa shape index (κ1) is 20.4. The molecule has 1 aliphatic heterocycles. The number of fused-ring (bicyclic) bond motifs is 1. The summed E-state index contributed by atoms with van der Waals surface area (Å²) in [6.45, 7) is 1.32. The normalized spacial score (nSPS) is 15.0. The number of nitrogens with one attached hydrogen (secondary N) is 1. The van der Waals surface area contributed by atoms with Crippen molar-refractivity contribution >= 4 is 46.8 Å². The smallest absolute Gasteiger partial charge is 0.329 e. The molecule has 1 aromatic heterocycles. The zero-order valence-electron chi connectivity index (χ0n) is 15.7. The van der Waals surface area contributed by atoms with E-state index in [1.54, 1.807) is 18.4 Å². The van der Waals surface area contributed by atoms with Crippen LogP contribution in [-0.2, 0) is 0 Å². The Hall–Kier alpha value is -2.87. The Morgan fingerprint density at radius 1 is 1.27 bits per heavy atom. The summed E-state index contributed by atoms with van der Waals surface area (Å²) in [6, 6.07) is 6.48. The SMILES string of the molecule is Cc1c(Cl)ccc2c1N=C/C2=C\c1[nH]c(=O)n(C(CO)c2ccc(Cl)c(F)c2)c1O. The number of nitrogens with zero attached hydrogens (tertiary/aromatic N) is 2. The van der Waals surface area contributed by atoms with Crippen LogP contribution in [0.5, 0.6) is 5.88 Å². The Kier molecular flexibility index (Phi) is 5.27. The zero-order valence-corrected chi connectivity index (χ0v) is 17.2. The summed E-state index contributed by atoms with van der Waals surface area (Å²) in [4.78, 5) is 19.5. The van der Waals surface area contributed by atoms with Crippen LogP contribution in [0.3, 0.4) is 0 Å². The first-order valence-electron chi connectivity index (χ1n) is 8.96. The van der Waals surface area contributed by atoms with E-state index in [1.807, 2.05) is 13.0 Å². The van der Waals surface area contributed by atoms with Gasteiger partial charge < -0.3 is 15.2 Å². The van der Waals surface area contributed by atoms with Crippen molar-refractivity contribution in [3.63, 3.8) is 0 Å². The highest BCUT2D eigenvalue weighted by molar-refractivity contribution is 6.32. The predicted molar refractivity (Wildman–Crippen MR) is 116 cm³/mol. The molecule has 0 amide bonds. The van der Waals surface area contributed by atoms with Crippen molar-refractivity contribution in [3.8, 4) is 5.88 Å². The van der Waals surface area contributed by atoms with Gasteiger partial charge >= 0.3 is 5.69 Å². The molecule has 1 aliphatic rings. The first-order valence-corrected chi connectivity index (χ1v) is 9.72. The van der Waals surface area contributed by atoms with Crippen LogP contribution in [0.2, 0.25) is 10.0 Å². The Bertz CT molecular complexity index is 1280. The van der Waals surface area contributed by atoms with Gasteiger partial charge in [-0.05, 0) is 42.3 Å². The van der Waals surface area contributed by atoms with Crippen LogP contribution in [0.25, 0.3) is 11.6 Å². The van der Waals surface area contributed by atoms with E-state index in [0.717, 1.165) is 27.4 Å². The number of rotatable bonds is 4. The predicted octanol–water partition coefficient (Wildman–Crippen LogP) is 4.47. The molecule has 2 heterocycles. The molecule has 0 saturated heterocycles. The van der Waals surface area contributed by atoms with E-state index >= 15 is 0 Å². The molecule has 0 saturated carbocycles. The molecule has 0 bridgehead atoms. The molecule has 4 rings (SSSR count).